The minimum absolute atomic E-state index is 0.197. The van der Waals surface area contributed by atoms with E-state index in [4.69, 9.17) is 0 Å². The highest BCUT2D eigenvalue weighted by Crippen LogP contribution is 2.45. The number of benzene rings is 1. The van der Waals surface area contributed by atoms with Crippen LogP contribution in [0.5, 0.6) is 0 Å². The van der Waals surface area contributed by atoms with Crippen molar-refractivity contribution in [3.63, 3.8) is 0 Å². The molecule has 2 heterocycles. The Morgan fingerprint density at radius 2 is 1.68 bits per heavy atom. The molecular formula is C22H26F3N3O3. The zero-order valence-electron chi connectivity index (χ0n) is 17.3. The van der Waals surface area contributed by atoms with Gasteiger partial charge >= 0.3 is 6.18 Å². The van der Waals surface area contributed by atoms with Gasteiger partial charge in [-0.25, -0.2) is 0 Å². The van der Waals surface area contributed by atoms with Gasteiger partial charge in [0.25, 0.3) is 0 Å². The van der Waals surface area contributed by atoms with Crippen LogP contribution in [0.2, 0.25) is 0 Å². The van der Waals surface area contributed by atoms with Gasteiger partial charge in [0.2, 0.25) is 17.7 Å². The first kappa shape index (κ1) is 21.6. The van der Waals surface area contributed by atoms with Crippen LogP contribution in [0.4, 0.5) is 18.9 Å². The summed E-state index contributed by atoms with van der Waals surface area (Å²) in [6, 6.07) is 5.15. The monoisotopic (exact) mass is 437 g/mol. The lowest BCUT2D eigenvalue weighted by molar-refractivity contribution is -0.148. The van der Waals surface area contributed by atoms with Crippen LogP contribution in [0.25, 0.3) is 0 Å². The van der Waals surface area contributed by atoms with Crippen LogP contribution in [-0.2, 0) is 20.6 Å². The molecule has 0 aromatic heterocycles. The summed E-state index contributed by atoms with van der Waals surface area (Å²) in [5, 5.41) is 0. The minimum atomic E-state index is -4.40. The van der Waals surface area contributed by atoms with E-state index in [1.165, 1.54) is 6.07 Å². The molecule has 2 saturated heterocycles. The second kappa shape index (κ2) is 8.16. The highest BCUT2D eigenvalue weighted by Gasteiger charge is 2.52. The lowest BCUT2D eigenvalue weighted by atomic mass is 9.73. The van der Waals surface area contributed by atoms with Gasteiger partial charge in [-0.3, -0.25) is 19.3 Å². The van der Waals surface area contributed by atoms with E-state index in [1.54, 1.807) is 11.0 Å². The van der Waals surface area contributed by atoms with E-state index >= 15 is 0 Å². The van der Waals surface area contributed by atoms with Crippen molar-refractivity contribution < 1.29 is 27.6 Å². The van der Waals surface area contributed by atoms with Gasteiger partial charge in [-0.2, -0.15) is 13.2 Å². The number of rotatable bonds is 3. The fourth-order valence-corrected chi connectivity index (χ4v) is 4.97. The molecule has 1 aromatic rings. The van der Waals surface area contributed by atoms with Gasteiger partial charge in [-0.1, -0.05) is 25.3 Å². The second-order valence-corrected chi connectivity index (χ2v) is 8.72. The molecule has 3 aliphatic rings. The smallest absolute Gasteiger partial charge is 0.368 e. The van der Waals surface area contributed by atoms with Crippen LogP contribution in [0.15, 0.2) is 24.3 Å². The Morgan fingerprint density at radius 1 is 1.00 bits per heavy atom. The molecule has 1 spiro atoms. The molecule has 1 saturated carbocycles. The normalized spacial score (nSPS) is 21.8. The van der Waals surface area contributed by atoms with Crippen molar-refractivity contribution in [1.82, 2.24) is 9.80 Å². The first-order valence-electron chi connectivity index (χ1n) is 10.7. The van der Waals surface area contributed by atoms with Crippen molar-refractivity contribution in [1.29, 1.82) is 0 Å². The van der Waals surface area contributed by atoms with Gasteiger partial charge in [0.05, 0.1) is 11.0 Å². The molecule has 6 nitrogen and oxygen atoms in total. The van der Waals surface area contributed by atoms with E-state index < -0.39 is 17.2 Å². The summed E-state index contributed by atoms with van der Waals surface area (Å²) in [6.45, 7) is 1.19. The molecular weight excluding hydrogens is 411 g/mol. The summed E-state index contributed by atoms with van der Waals surface area (Å²) in [6.07, 6.45) is 0.130. The lowest BCUT2D eigenvalue weighted by Gasteiger charge is -2.37. The molecule has 0 N–H and O–H groups in total. The summed E-state index contributed by atoms with van der Waals surface area (Å²) in [7, 11) is 0. The van der Waals surface area contributed by atoms with Crippen molar-refractivity contribution in [2.24, 2.45) is 5.41 Å². The number of alkyl halides is 3. The summed E-state index contributed by atoms with van der Waals surface area (Å²) in [5.74, 6) is -0.783. The molecule has 0 atom stereocenters. The number of likely N-dealkylation sites (tertiary alicyclic amines) is 1. The Morgan fingerprint density at radius 3 is 2.32 bits per heavy atom. The molecule has 1 aromatic carbocycles. The van der Waals surface area contributed by atoms with Crippen LogP contribution in [0.3, 0.4) is 0 Å². The molecule has 0 radical (unpaired) electrons. The van der Waals surface area contributed by atoms with Crippen molar-refractivity contribution in [2.75, 3.05) is 37.6 Å². The predicted molar refractivity (Wildman–Crippen MR) is 107 cm³/mol. The van der Waals surface area contributed by atoms with E-state index in [9.17, 15) is 27.6 Å². The number of hydrogen-bond acceptors (Lipinski definition) is 4. The van der Waals surface area contributed by atoms with E-state index in [1.807, 2.05) is 4.90 Å². The molecule has 3 amide bonds. The van der Waals surface area contributed by atoms with E-state index in [0.29, 0.717) is 44.7 Å². The molecule has 0 unspecified atom stereocenters. The highest BCUT2D eigenvalue weighted by molar-refractivity contribution is 6.08. The average molecular weight is 437 g/mol. The molecule has 3 fully saturated rings. The van der Waals surface area contributed by atoms with Crippen LogP contribution in [-0.4, -0.2) is 60.2 Å². The first-order valence-corrected chi connectivity index (χ1v) is 10.7. The first-order chi connectivity index (χ1) is 14.7. The standard InChI is InChI=1S/C22H26F3N3O3/c23-22(24,25)16-5-4-6-17(13-16)26-9-11-27(12-10-26)19(30)15-28-18(29)14-21(20(28)31)7-2-1-3-8-21/h4-6,13H,1-3,7-12,14-15H2. The van der Waals surface area contributed by atoms with Gasteiger partial charge in [-0.05, 0) is 31.0 Å². The number of amides is 3. The third-order valence-corrected chi connectivity index (χ3v) is 6.76. The van der Waals surface area contributed by atoms with Gasteiger partial charge in [0, 0.05) is 38.3 Å². The number of anilines is 1. The van der Waals surface area contributed by atoms with Gasteiger partial charge in [0.15, 0.2) is 0 Å². The number of imide groups is 1. The third kappa shape index (κ3) is 4.27. The molecule has 1 aliphatic carbocycles. The second-order valence-electron chi connectivity index (χ2n) is 8.72. The van der Waals surface area contributed by atoms with Crippen LogP contribution in [0, 0.1) is 5.41 Å². The maximum absolute atomic E-state index is 13.0. The van der Waals surface area contributed by atoms with Crippen molar-refractivity contribution in [3.05, 3.63) is 29.8 Å². The number of carbonyl (C=O) groups is 3. The van der Waals surface area contributed by atoms with Crippen molar-refractivity contribution >= 4 is 23.4 Å². The Bertz CT molecular complexity index is 872. The number of halogens is 3. The van der Waals surface area contributed by atoms with Crippen LogP contribution >= 0.6 is 0 Å². The summed E-state index contributed by atoms with van der Waals surface area (Å²) < 4.78 is 38.9. The van der Waals surface area contributed by atoms with Crippen LogP contribution < -0.4 is 4.90 Å². The van der Waals surface area contributed by atoms with E-state index in [0.717, 1.165) is 36.3 Å². The van der Waals surface area contributed by atoms with Gasteiger partial charge in [-0.15, -0.1) is 0 Å². The lowest BCUT2D eigenvalue weighted by Crippen LogP contribution is -2.52. The Hall–Kier alpha value is -2.58. The molecule has 0 bridgehead atoms. The quantitative estimate of drug-likeness (QED) is 0.682. The molecule has 168 valence electrons. The zero-order chi connectivity index (χ0) is 22.2. The minimum Gasteiger partial charge on any atom is -0.368 e. The SMILES string of the molecule is O=C(CN1C(=O)CC2(CCCCC2)C1=O)N1CCN(c2cccc(C(F)(F)F)c2)CC1. The number of hydrogen-bond donors (Lipinski definition) is 0. The molecule has 2 aliphatic heterocycles. The number of piperazine rings is 1. The van der Waals surface area contributed by atoms with Crippen molar-refractivity contribution in [2.45, 2.75) is 44.7 Å². The fourth-order valence-electron chi connectivity index (χ4n) is 4.97. The largest absolute Gasteiger partial charge is 0.416 e. The van der Waals surface area contributed by atoms with Crippen molar-refractivity contribution in [3.8, 4) is 0 Å². The summed E-state index contributed by atoms with van der Waals surface area (Å²) >= 11 is 0. The maximum atomic E-state index is 13.0. The molecule has 9 heteroatoms. The third-order valence-electron chi connectivity index (χ3n) is 6.76. The Kier molecular flexibility index (Phi) is 5.70. The number of carbonyl (C=O) groups excluding carboxylic acids is 3. The maximum Gasteiger partial charge on any atom is 0.416 e. The zero-order valence-corrected chi connectivity index (χ0v) is 17.3. The number of nitrogens with zero attached hydrogens (tertiary/aromatic N) is 3. The van der Waals surface area contributed by atoms with Gasteiger partial charge < -0.3 is 9.80 Å². The summed E-state index contributed by atoms with van der Waals surface area (Å²) in [5.41, 5.74) is -0.852. The average Bonchev–Trinajstić information content (AvgIpc) is 2.97. The fraction of sp³-hybridized carbons (Fsp3) is 0.591. The van der Waals surface area contributed by atoms with Gasteiger partial charge in [0.1, 0.15) is 6.54 Å². The molecule has 4 rings (SSSR count). The van der Waals surface area contributed by atoms with E-state index in [2.05, 4.69) is 0 Å². The van der Waals surface area contributed by atoms with E-state index in [-0.39, 0.29) is 30.7 Å². The summed E-state index contributed by atoms with van der Waals surface area (Å²) in [4.78, 5) is 42.6. The highest BCUT2D eigenvalue weighted by atomic mass is 19.4. The predicted octanol–water partition coefficient (Wildman–Crippen LogP) is 3.06. The Balaban J connectivity index is 1.35. The Labute approximate surface area is 179 Å². The van der Waals surface area contributed by atoms with Crippen LogP contribution in [0.1, 0.15) is 44.1 Å². The molecule has 31 heavy (non-hydrogen) atoms. The topological polar surface area (TPSA) is 60.9 Å².